The summed E-state index contributed by atoms with van der Waals surface area (Å²) in [6.07, 6.45) is 1.92. The number of hydrazine groups is 1. The fourth-order valence-corrected chi connectivity index (χ4v) is 1.78. The molecule has 1 aliphatic heterocycles. The summed E-state index contributed by atoms with van der Waals surface area (Å²) in [6, 6.07) is 0.288. The van der Waals surface area contributed by atoms with Gasteiger partial charge in [0.2, 0.25) is 5.96 Å². The first-order valence-electron chi connectivity index (χ1n) is 4.70. The van der Waals surface area contributed by atoms with Crippen LogP contribution in [-0.4, -0.2) is 39.8 Å². The monoisotopic (exact) mass is 231 g/mol. The molecule has 0 amide bonds. The molecule has 1 atom stereocenters. The highest BCUT2D eigenvalue weighted by Crippen LogP contribution is 2.16. The lowest BCUT2D eigenvalue weighted by molar-refractivity contribution is 0.0243. The maximum atomic E-state index is 8.92. The van der Waals surface area contributed by atoms with Crippen molar-refractivity contribution in [2.75, 3.05) is 6.26 Å². The molecule has 1 aliphatic rings. The van der Waals surface area contributed by atoms with E-state index in [0.717, 1.165) is 0 Å². The summed E-state index contributed by atoms with van der Waals surface area (Å²) in [4.78, 5) is 8.55. The van der Waals surface area contributed by atoms with Crippen molar-refractivity contribution in [3.8, 4) is 0 Å². The number of hydrogen-bond donors (Lipinski definition) is 3. The van der Waals surface area contributed by atoms with E-state index in [9.17, 15) is 0 Å². The molecule has 1 heterocycles. The Labute approximate surface area is 93.8 Å². The molecule has 0 fully saturated rings. The van der Waals surface area contributed by atoms with Gasteiger partial charge in [-0.3, -0.25) is 5.21 Å². The number of nitrogens with one attached hydrogen (secondary N) is 2. The molecule has 0 spiro atoms. The van der Waals surface area contributed by atoms with Gasteiger partial charge in [0.1, 0.15) is 5.84 Å². The predicted molar refractivity (Wildman–Crippen MR) is 62.9 cm³/mol. The smallest absolute Gasteiger partial charge is 0.222 e. The average molecular weight is 231 g/mol. The van der Waals surface area contributed by atoms with E-state index >= 15 is 0 Å². The Bertz CT molecular complexity index is 278. The molecule has 0 radical (unpaired) electrons. The Morgan fingerprint density at radius 3 is 2.67 bits per heavy atom. The number of guanidine groups is 1. The molecule has 0 saturated carbocycles. The van der Waals surface area contributed by atoms with E-state index in [2.05, 4.69) is 20.9 Å². The number of nitrogens with zero attached hydrogens (tertiary/aromatic N) is 3. The Kier molecular flexibility index (Phi) is 4.37. The average Bonchev–Trinajstić information content (AvgIpc) is 2.15. The van der Waals surface area contributed by atoms with Gasteiger partial charge < -0.3 is 5.32 Å². The summed E-state index contributed by atoms with van der Waals surface area (Å²) in [5, 5.41) is 13.6. The quantitative estimate of drug-likeness (QED) is 0.621. The Balaban J connectivity index is 2.80. The van der Waals surface area contributed by atoms with Gasteiger partial charge in [-0.1, -0.05) is 0 Å². The van der Waals surface area contributed by atoms with Crippen molar-refractivity contribution in [2.24, 2.45) is 9.98 Å². The first-order valence-corrected chi connectivity index (χ1v) is 5.98. The van der Waals surface area contributed by atoms with Crippen LogP contribution in [0.1, 0.15) is 20.8 Å². The van der Waals surface area contributed by atoms with Gasteiger partial charge in [-0.2, -0.15) is 4.99 Å². The van der Waals surface area contributed by atoms with Crippen LogP contribution in [0.25, 0.3) is 0 Å². The van der Waals surface area contributed by atoms with Gasteiger partial charge in [-0.15, -0.1) is 17.4 Å². The summed E-state index contributed by atoms with van der Waals surface area (Å²) in [6.45, 7) is 5.86. The van der Waals surface area contributed by atoms with Crippen LogP contribution in [0.2, 0.25) is 0 Å². The van der Waals surface area contributed by atoms with Crippen molar-refractivity contribution < 1.29 is 5.21 Å². The maximum Gasteiger partial charge on any atom is 0.222 e. The highest BCUT2D eigenvalue weighted by molar-refractivity contribution is 7.99. The van der Waals surface area contributed by atoms with E-state index in [1.807, 2.05) is 27.0 Å². The van der Waals surface area contributed by atoms with Crippen molar-refractivity contribution in [1.82, 2.24) is 15.9 Å². The van der Waals surface area contributed by atoms with E-state index in [1.54, 1.807) is 0 Å². The molecule has 0 aromatic rings. The van der Waals surface area contributed by atoms with Crippen LogP contribution < -0.4 is 10.9 Å². The molecule has 0 bridgehead atoms. The lowest BCUT2D eigenvalue weighted by atomic mass is 10.4. The number of rotatable bonds is 3. The van der Waals surface area contributed by atoms with E-state index < -0.39 is 0 Å². The normalized spacial score (nSPS) is 21.5. The lowest BCUT2D eigenvalue weighted by Gasteiger charge is -2.30. The Morgan fingerprint density at radius 2 is 2.20 bits per heavy atom. The third kappa shape index (κ3) is 3.08. The molecule has 3 N–H and O–H groups in total. The van der Waals surface area contributed by atoms with Crippen LogP contribution in [0.15, 0.2) is 9.98 Å². The minimum atomic E-state index is -0.200. The van der Waals surface area contributed by atoms with Crippen molar-refractivity contribution in [3.63, 3.8) is 0 Å². The summed E-state index contributed by atoms with van der Waals surface area (Å²) in [5.41, 5.74) is 1.88. The predicted octanol–water partition coefficient (Wildman–Crippen LogP) is 0.615. The number of amidine groups is 1. The zero-order valence-electron chi connectivity index (χ0n) is 9.35. The van der Waals surface area contributed by atoms with Gasteiger partial charge >= 0.3 is 0 Å². The largest absolute Gasteiger partial charge is 0.352 e. The summed E-state index contributed by atoms with van der Waals surface area (Å²) in [5.74, 6) is 1.28. The molecule has 0 saturated heterocycles. The summed E-state index contributed by atoms with van der Waals surface area (Å²) >= 11 is 1.51. The first kappa shape index (κ1) is 12.3. The lowest BCUT2D eigenvalue weighted by Crippen LogP contribution is -2.49. The summed E-state index contributed by atoms with van der Waals surface area (Å²) in [7, 11) is 0. The van der Waals surface area contributed by atoms with Crippen molar-refractivity contribution in [2.45, 2.75) is 32.3 Å². The fraction of sp³-hybridized carbons (Fsp3) is 0.750. The van der Waals surface area contributed by atoms with Crippen LogP contribution in [-0.2, 0) is 0 Å². The second-order valence-corrected chi connectivity index (χ2v) is 4.34. The van der Waals surface area contributed by atoms with E-state index in [1.165, 1.54) is 16.8 Å². The number of hydrogen-bond acceptors (Lipinski definition) is 7. The van der Waals surface area contributed by atoms with Crippen LogP contribution in [0.3, 0.4) is 0 Å². The minimum Gasteiger partial charge on any atom is -0.352 e. The highest BCUT2D eigenvalue weighted by atomic mass is 32.2. The molecule has 0 aromatic heterocycles. The van der Waals surface area contributed by atoms with Gasteiger partial charge in [0.15, 0.2) is 5.50 Å². The topological polar surface area (TPSA) is 72.2 Å². The highest BCUT2D eigenvalue weighted by Gasteiger charge is 2.23. The van der Waals surface area contributed by atoms with E-state index in [0.29, 0.717) is 11.8 Å². The first-order chi connectivity index (χ1) is 7.08. The molecule has 6 nitrogen and oxygen atoms in total. The minimum absolute atomic E-state index is 0.200. The van der Waals surface area contributed by atoms with Crippen molar-refractivity contribution >= 4 is 23.6 Å². The zero-order valence-corrected chi connectivity index (χ0v) is 10.2. The van der Waals surface area contributed by atoms with Gasteiger partial charge in [0.25, 0.3) is 0 Å². The van der Waals surface area contributed by atoms with E-state index in [4.69, 9.17) is 5.21 Å². The van der Waals surface area contributed by atoms with Crippen LogP contribution in [0.4, 0.5) is 0 Å². The molecular weight excluding hydrogens is 214 g/mol. The van der Waals surface area contributed by atoms with Crippen LogP contribution >= 0.6 is 11.8 Å². The SMILES string of the molecule is CSC1N=C(NC(C)C)N=C(C)N1NO. The van der Waals surface area contributed by atoms with Gasteiger partial charge in [-0.05, 0) is 27.0 Å². The second-order valence-electron chi connectivity index (χ2n) is 3.44. The molecule has 1 unspecified atom stereocenters. The van der Waals surface area contributed by atoms with Crippen LogP contribution in [0.5, 0.6) is 0 Å². The maximum absolute atomic E-state index is 8.92. The second kappa shape index (κ2) is 5.34. The Hall–Kier alpha value is -0.790. The van der Waals surface area contributed by atoms with Crippen molar-refractivity contribution in [3.05, 3.63) is 0 Å². The third-order valence-electron chi connectivity index (χ3n) is 1.81. The molecular formula is C8H17N5OS. The molecule has 0 aliphatic carbocycles. The third-order valence-corrected chi connectivity index (χ3v) is 2.54. The van der Waals surface area contributed by atoms with Crippen molar-refractivity contribution in [1.29, 1.82) is 0 Å². The van der Waals surface area contributed by atoms with Gasteiger partial charge in [-0.25, -0.2) is 10.0 Å². The fourth-order valence-electron chi connectivity index (χ4n) is 1.17. The zero-order chi connectivity index (χ0) is 11.4. The van der Waals surface area contributed by atoms with Gasteiger partial charge in [0.05, 0.1) is 0 Å². The van der Waals surface area contributed by atoms with E-state index in [-0.39, 0.29) is 11.5 Å². The number of thioether (sulfide) groups is 1. The van der Waals surface area contributed by atoms with Crippen LogP contribution in [0, 0.1) is 0 Å². The Morgan fingerprint density at radius 1 is 1.53 bits per heavy atom. The molecule has 1 rings (SSSR count). The molecule has 15 heavy (non-hydrogen) atoms. The number of aliphatic imine (C=N–C) groups is 2. The molecule has 86 valence electrons. The summed E-state index contributed by atoms with van der Waals surface area (Å²) < 4.78 is 0. The standard InChI is InChI=1S/C8H17N5OS/c1-5(2)9-7-10-6(3)13(12-14)8(11-7)15-4/h5,8,12,14H,1-4H3,(H,9,11). The van der Waals surface area contributed by atoms with Gasteiger partial charge in [0, 0.05) is 6.04 Å². The molecule has 7 heteroatoms. The molecule has 0 aromatic carbocycles.